The van der Waals surface area contributed by atoms with Crippen LogP contribution >= 0.6 is 0 Å². The van der Waals surface area contributed by atoms with Crippen molar-refractivity contribution in [1.82, 2.24) is 5.06 Å². The van der Waals surface area contributed by atoms with Gasteiger partial charge in [-0.2, -0.15) is 0 Å². The van der Waals surface area contributed by atoms with E-state index in [1.54, 1.807) is 25.1 Å². The summed E-state index contributed by atoms with van der Waals surface area (Å²) < 4.78 is 0. The van der Waals surface area contributed by atoms with Crippen LogP contribution in [0, 0.1) is 6.92 Å². The SMILES string of the molecule is CC(=O)N(O)Cc1ccc(O)c(C)c1. The Kier molecular flexibility index (Phi) is 3.09. The first kappa shape index (κ1) is 10.5. The van der Waals surface area contributed by atoms with Gasteiger partial charge >= 0.3 is 0 Å². The second-order valence-corrected chi connectivity index (χ2v) is 3.20. The number of phenolic OH excluding ortho intramolecular Hbond substituents is 1. The molecular formula is C10H13NO3. The third-order valence-electron chi connectivity index (χ3n) is 1.96. The molecule has 76 valence electrons. The molecule has 0 fully saturated rings. The lowest BCUT2D eigenvalue weighted by atomic mass is 10.1. The molecule has 0 aliphatic carbocycles. The van der Waals surface area contributed by atoms with Crippen molar-refractivity contribution in [3.8, 4) is 5.75 Å². The van der Waals surface area contributed by atoms with E-state index in [4.69, 9.17) is 5.21 Å². The van der Waals surface area contributed by atoms with E-state index in [2.05, 4.69) is 0 Å². The maximum absolute atomic E-state index is 10.7. The van der Waals surface area contributed by atoms with E-state index in [1.165, 1.54) is 6.92 Å². The third-order valence-corrected chi connectivity index (χ3v) is 1.96. The van der Waals surface area contributed by atoms with Crippen molar-refractivity contribution in [3.05, 3.63) is 29.3 Å². The monoisotopic (exact) mass is 195 g/mol. The molecule has 1 aromatic rings. The molecule has 0 radical (unpaired) electrons. The molecule has 0 aliphatic rings. The predicted molar refractivity (Wildman–Crippen MR) is 50.9 cm³/mol. The largest absolute Gasteiger partial charge is 0.508 e. The maximum atomic E-state index is 10.7. The van der Waals surface area contributed by atoms with E-state index in [1.807, 2.05) is 0 Å². The van der Waals surface area contributed by atoms with Gasteiger partial charge < -0.3 is 5.11 Å². The molecule has 0 spiro atoms. The number of rotatable bonds is 2. The molecule has 0 saturated carbocycles. The zero-order valence-corrected chi connectivity index (χ0v) is 8.19. The number of hydrogen-bond donors (Lipinski definition) is 2. The van der Waals surface area contributed by atoms with Gasteiger partial charge in [0.05, 0.1) is 6.54 Å². The van der Waals surface area contributed by atoms with Crippen molar-refractivity contribution in [3.63, 3.8) is 0 Å². The highest BCUT2D eigenvalue weighted by atomic mass is 16.5. The average Bonchev–Trinajstić information content (AvgIpc) is 2.11. The summed E-state index contributed by atoms with van der Waals surface area (Å²) in [6.07, 6.45) is 0. The second kappa shape index (κ2) is 4.11. The number of nitrogens with zero attached hydrogens (tertiary/aromatic N) is 1. The van der Waals surface area contributed by atoms with Crippen molar-refractivity contribution >= 4 is 5.91 Å². The molecular weight excluding hydrogens is 182 g/mol. The van der Waals surface area contributed by atoms with Gasteiger partial charge in [-0.15, -0.1) is 0 Å². The molecule has 4 heteroatoms. The third kappa shape index (κ3) is 2.47. The van der Waals surface area contributed by atoms with Gasteiger partial charge in [0, 0.05) is 6.92 Å². The lowest BCUT2D eigenvalue weighted by Gasteiger charge is -2.12. The Balaban J connectivity index is 2.78. The average molecular weight is 195 g/mol. The van der Waals surface area contributed by atoms with Crippen LogP contribution in [0.3, 0.4) is 0 Å². The molecule has 0 unspecified atom stereocenters. The summed E-state index contributed by atoms with van der Waals surface area (Å²) in [5.74, 6) is -0.197. The smallest absolute Gasteiger partial charge is 0.243 e. The lowest BCUT2D eigenvalue weighted by Crippen LogP contribution is -2.23. The minimum atomic E-state index is -0.407. The van der Waals surface area contributed by atoms with Crippen LogP contribution in [0.15, 0.2) is 18.2 Å². The molecule has 0 atom stereocenters. The minimum absolute atomic E-state index is 0.135. The van der Waals surface area contributed by atoms with Crippen molar-refractivity contribution in [2.75, 3.05) is 0 Å². The van der Waals surface area contributed by atoms with E-state index in [0.29, 0.717) is 5.06 Å². The van der Waals surface area contributed by atoms with Crippen LogP contribution in [0.2, 0.25) is 0 Å². The first-order valence-corrected chi connectivity index (χ1v) is 4.26. The van der Waals surface area contributed by atoms with Crippen LogP contribution in [0.5, 0.6) is 5.75 Å². The number of benzene rings is 1. The van der Waals surface area contributed by atoms with Crippen molar-refractivity contribution in [2.45, 2.75) is 20.4 Å². The fourth-order valence-corrected chi connectivity index (χ4v) is 1.10. The number of aromatic hydroxyl groups is 1. The van der Waals surface area contributed by atoms with Gasteiger partial charge in [0.1, 0.15) is 5.75 Å². The van der Waals surface area contributed by atoms with E-state index < -0.39 is 5.91 Å². The lowest BCUT2D eigenvalue weighted by molar-refractivity contribution is -0.165. The summed E-state index contributed by atoms with van der Waals surface area (Å²) in [6.45, 7) is 3.18. The summed E-state index contributed by atoms with van der Waals surface area (Å²) in [4.78, 5) is 10.7. The molecule has 0 bridgehead atoms. The van der Waals surface area contributed by atoms with Crippen LogP contribution in [-0.2, 0) is 11.3 Å². The summed E-state index contributed by atoms with van der Waals surface area (Å²) in [7, 11) is 0. The number of hydrogen-bond acceptors (Lipinski definition) is 3. The Labute approximate surface area is 82.4 Å². The van der Waals surface area contributed by atoms with Crippen LogP contribution in [0.1, 0.15) is 18.1 Å². The quantitative estimate of drug-likeness (QED) is 0.554. The van der Waals surface area contributed by atoms with Gasteiger partial charge in [-0.3, -0.25) is 10.0 Å². The normalized spacial score (nSPS) is 9.93. The van der Waals surface area contributed by atoms with Crippen LogP contribution < -0.4 is 0 Å². The van der Waals surface area contributed by atoms with E-state index >= 15 is 0 Å². The molecule has 1 rings (SSSR count). The number of amides is 1. The Morgan fingerprint density at radius 2 is 2.14 bits per heavy atom. The van der Waals surface area contributed by atoms with E-state index in [9.17, 15) is 9.90 Å². The van der Waals surface area contributed by atoms with Crippen LogP contribution in [0.25, 0.3) is 0 Å². The Hall–Kier alpha value is -1.55. The maximum Gasteiger partial charge on any atom is 0.243 e. The van der Waals surface area contributed by atoms with Crippen molar-refractivity contribution in [2.24, 2.45) is 0 Å². The number of phenols is 1. The van der Waals surface area contributed by atoms with Gasteiger partial charge in [-0.25, -0.2) is 5.06 Å². The Bertz CT molecular complexity index is 349. The molecule has 4 nitrogen and oxygen atoms in total. The number of aryl methyl sites for hydroxylation is 1. The first-order valence-electron chi connectivity index (χ1n) is 4.26. The molecule has 1 aromatic carbocycles. The fraction of sp³-hybridized carbons (Fsp3) is 0.300. The van der Waals surface area contributed by atoms with E-state index in [0.717, 1.165) is 11.1 Å². The number of carbonyl (C=O) groups is 1. The zero-order valence-electron chi connectivity index (χ0n) is 8.19. The highest BCUT2D eigenvalue weighted by molar-refractivity contribution is 5.71. The molecule has 0 aliphatic heterocycles. The van der Waals surface area contributed by atoms with Gasteiger partial charge in [-0.1, -0.05) is 12.1 Å². The number of carbonyl (C=O) groups excluding carboxylic acids is 1. The summed E-state index contributed by atoms with van der Waals surface area (Å²) in [5, 5.41) is 19.0. The van der Waals surface area contributed by atoms with Gasteiger partial charge in [0.15, 0.2) is 0 Å². The number of hydroxylamine groups is 2. The zero-order chi connectivity index (χ0) is 10.7. The second-order valence-electron chi connectivity index (χ2n) is 3.20. The van der Waals surface area contributed by atoms with Gasteiger partial charge in [-0.05, 0) is 24.1 Å². The van der Waals surface area contributed by atoms with Crippen LogP contribution in [0.4, 0.5) is 0 Å². The first-order chi connectivity index (χ1) is 6.50. The standard InChI is InChI=1S/C10H13NO3/c1-7-5-9(3-4-10(7)13)6-11(14)8(2)12/h3-5,13-14H,6H2,1-2H3. The highest BCUT2D eigenvalue weighted by Gasteiger charge is 2.06. The molecule has 0 aromatic heterocycles. The van der Waals surface area contributed by atoms with Gasteiger partial charge in [0.25, 0.3) is 0 Å². The fourth-order valence-electron chi connectivity index (χ4n) is 1.10. The Morgan fingerprint density at radius 1 is 1.50 bits per heavy atom. The highest BCUT2D eigenvalue weighted by Crippen LogP contribution is 2.17. The van der Waals surface area contributed by atoms with Crippen LogP contribution in [-0.4, -0.2) is 21.3 Å². The van der Waals surface area contributed by atoms with Crippen molar-refractivity contribution < 1.29 is 15.1 Å². The van der Waals surface area contributed by atoms with E-state index in [-0.39, 0.29) is 12.3 Å². The molecule has 2 N–H and O–H groups in total. The summed E-state index contributed by atoms with van der Waals surface area (Å²) in [5.41, 5.74) is 1.50. The minimum Gasteiger partial charge on any atom is -0.508 e. The summed E-state index contributed by atoms with van der Waals surface area (Å²) >= 11 is 0. The molecule has 0 saturated heterocycles. The topological polar surface area (TPSA) is 60.8 Å². The molecule has 14 heavy (non-hydrogen) atoms. The van der Waals surface area contributed by atoms with Gasteiger partial charge in [0.2, 0.25) is 5.91 Å². The Morgan fingerprint density at radius 3 is 2.64 bits per heavy atom. The molecule has 0 heterocycles. The predicted octanol–water partition coefficient (Wildman–Crippen LogP) is 1.44. The molecule has 1 amide bonds. The summed E-state index contributed by atoms with van der Waals surface area (Å²) in [6, 6.07) is 4.93. The van der Waals surface area contributed by atoms with Crippen molar-refractivity contribution in [1.29, 1.82) is 0 Å².